The molecular formula is C16H19FN2. The molecule has 19 heavy (non-hydrogen) atoms. The highest BCUT2D eigenvalue weighted by Gasteiger charge is 2.06. The third-order valence-corrected chi connectivity index (χ3v) is 3.08. The molecule has 0 saturated heterocycles. The van der Waals surface area contributed by atoms with Gasteiger partial charge in [0.15, 0.2) is 0 Å². The lowest BCUT2D eigenvalue weighted by molar-refractivity contribution is 0.319. The van der Waals surface area contributed by atoms with E-state index in [0.717, 1.165) is 12.1 Å². The van der Waals surface area contributed by atoms with Crippen molar-refractivity contribution in [2.45, 2.75) is 20.0 Å². The van der Waals surface area contributed by atoms with Crippen LogP contribution in [0.4, 0.5) is 10.1 Å². The standard InChI is InChI=1S/C16H19FN2/c1-12-4-3-5-13(8-12)10-19(2)11-14-9-15(17)6-7-16(14)18/h3-9H,10-11,18H2,1-2H3. The maximum absolute atomic E-state index is 13.2. The summed E-state index contributed by atoms with van der Waals surface area (Å²) in [6.07, 6.45) is 0. The molecule has 2 aromatic rings. The predicted molar refractivity (Wildman–Crippen MR) is 77.2 cm³/mol. The first-order valence-electron chi connectivity index (χ1n) is 6.32. The summed E-state index contributed by atoms with van der Waals surface area (Å²) >= 11 is 0. The highest BCUT2D eigenvalue weighted by Crippen LogP contribution is 2.16. The van der Waals surface area contributed by atoms with Crippen LogP contribution < -0.4 is 5.73 Å². The second-order valence-corrected chi connectivity index (χ2v) is 5.00. The number of hydrogen-bond acceptors (Lipinski definition) is 2. The van der Waals surface area contributed by atoms with E-state index >= 15 is 0 Å². The van der Waals surface area contributed by atoms with Crippen LogP contribution in [0.1, 0.15) is 16.7 Å². The van der Waals surface area contributed by atoms with Crippen LogP contribution in [0.15, 0.2) is 42.5 Å². The number of halogens is 1. The molecule has 2 aromatic carbocycles. The summed E-state index contributed by atoms with van der Waals surface area (Å²) in [7, 11) is 2.01. The lowest BCUT2D eigenvalue weighted by Gasteiger charge is -2.18. The molecule has 0 heterocycles. The Kier molecular flexibility index (Phi) is 4.17. The van der Waals surface area contributed by atoms with E-state index in [1.807, 2.05) is 7.05 Å². The summed E-state index contributed by atoms with van der Waals surface area (Å²) < 4.78 is 13.2. The zero-order valence-electron chi connectivity index (χ0n) is 11.4. The fourth-order valence-electron chi connectivity index (χ4n) is 2.18. The van der Waals surface area contributed by atoms with Crippen LogP contribution >= 0.6 is 0 Å². The van der Waals surface area contributed by atoms with Crippen molar-refractivity contribution in [3.8, 4) is 0 Å². The quantitative estimate of drug-likeness (QED) is 0.852. The monoisotopic (exact) mass is 258 g/mol. The smallest absolute Gasteiger partial charge is 0.123 e. The van der Waals surface area contributed by atoms with E-state index in [0.29, 0.717) is 12.2 Å². The number of nitrogen functional groups attached to an aromatic ring is 1. The highest BCUT2D eigenvalue weighted by atomic mass is 19.1. The predicted octanol–water partition coefficient (Wildman–Crippen LogP) is 3.35. The van der Waals surface area contributed by atoms with Gasteiger partial charge in [-0.2, -0.15) is 0 Å². The first-order chi connectivity index (χ1) is 9.04. The van der Waals surface area contributed by atoms with Gasteiger partial charge in [-0.05, 0) is 43.3 Å². The van der Waals surface area contributed by atoms with Crippen molar-refractivity contribution in [3.05, 3.63) is 65.0 Å². The van der Waals surface area contributed by atoms with Crippen molar-refractivity contribution in [1.82, 2.24) is 4.90 Å². The van der Waals surface area contributed by atoms with Gasteiger partial charge in [-0.25, -0.2) is 4.39 Å². The molecule has 0 fully saturated rings. The van der Waals surface area contributed by atoms with E-state index in [4.69, 9.17) is 5.73 Å². The minimum absolute atomic E-state index is 0.242. The minimum atomic E-state index is -0.242. The van der Waals surface area contributed by atoms with E-state index in [1.54, 1.807) is 6.07 Å². The third-order valence-electron chi connectivity index (χ3n) is 3.08. The van der Waals surface area contributed by atoms with Crippen LogP contribution in [0.5, 0.6) is 0 Å². The lowest BCUT2D eigenvalue weighted by Crippen LogP contribution is -2.18. The Bertz CT molecular complexity index is 566. The van der Waals surface area contributed by atoms with Crippen LogP contribution in [-0.2, 0) is 13.1 Å². The second kappa shape index (κ2) is 5.85. The Morgan fingerprint density at radius 3 is 2.63 bits per heavy atom. The van der Waals surface area contributed by atoms with Crippen molar-refractivity contribution in [3.63, 3.8) is 0 Å². The number of anilines is 1. The van der Waals surface area contributed by atoms with Gasteiger partial charge in [0.2, 0.25) is 0 Å². The molecule has 0 radical (unpaired) electrons. The normalized spacial score (nSPS) is 10.9. The first kappa shape index (κ1) is 13.6. The molecule has 0 aromatic heterocycles. The Morgan fingerprint density at radius 2 is 1.89 bits per heavy atom. The van der Waals surface area contributed by atoms with E-state index < -0.39 is 0 Å². The van der Waals surface area contributed by atoms with Gasteiger partial charge in [0, 0.05) is 18.8 Å². The number of nitrogens with two attached hydrogens (primary N) is 1. The van der Waals surface area contributed by atoms with Crippen LogP contribution in [0.2, 0.25) is 0 Å². The van der Waals surface area contributed by atoms with Crippen molar-refractivity contribution in [2.24, 2.45) is 0 Å². The van der Waals surface area contributed by atoms with Crippen molar-refractivity contribution >= 4 is 5.69 Å². The number of hydrogen-bond donors (Lipinski definition) is 1. The molecular weight excluding hydrogens is 239 g/mol. The third kappa shape index (κ3) is 3.80. The van der Waals surface area contributed by atoms with Gasteiger partial charge in [-0.1, -0.05) is 29.8 Å². The van der Waals surface area contributed by atoms with Gasteiger partial charge < -0.3 is 5.73 Å². The van der Waals surface area contributed by atoms with E-state index in [9.17, 15) is 4.39 Å². The number of aryl methyl sites for hydroxylation is 1. The first-order valence-corrected chi connectivity index (χ1v) is 6.32. The fraction of sp³-hybridized carbons (Fsp3) is 0.250. The molecule has 0 aliphatic carbocycles. The van der Waals surface area contributed by atoms with E-state index in [-0.39, 0.29) is 5.82 Å². The topological polar surface area (TPSA) is 29.3 Å². The van der Waals surface area contributed by atoms with Crippen LogP contribution in [0.3, 0.4) is 0 Å². The molecule has 100 valence electrons. The molecule has 0 unspecified atom stereocenters. The van der Waals surface area contributed by atoms with Gasteiger partial charge in [0.25, 0.3) is 0 Å². The summed E-state index contributed by atoms with van der Waals surface area (Å²) in [6, 6.07) is 12.9. The zero-order chi connectivity index (χ0) is 13.8. The molecule has 0 atom stereocenters. The largest absolute Gasteiger partial charge is 0.398 e. The Balaban J connectivity index is 2.05. The summed E-state index contributed by atoms with van der Waals surface area (Å²) in [4.78, 5) is 2.12. The van der Waals surface area contributed by atoms with Crippen molar-refractivity contribution in [2.75, 3.05) is 12.8 Å². The average molecular weight is 258 g/mol. The average Bonchev–Trinajstić information content (AvgIpc) is 2.34. The minimum Gasteiger partial charge on any atom is -0.398 e. The Hall–Kier alpha value is -1.87. The van der Waals surface area contributed by atoms with E-state index in [2.05, 4.69) is 36.1 Å². The van der Waals surface area contributed by atoms with E-state index in [1.165, 1.54) is 23.3 Å². The Labute approximate surface area is 113 Å². The van der Waals surface area contributed by atoms with Crippen molar-refractivity contribution in [1.29, 1.82) is 0 Å². The number of nitrogens with zero attached hydrogens (tertiary/aromatic N) is 1. The molecule has 2 rings (SSSR count). The van der Waals surface area contributed by atoms with Crippen LogP contribution in [0.25, 0.3) is 0 Å². The summed E-state index contributed by atoms with van der Waals surface area (Å²) in [6.45, 7) is 3.53. The summed E-state index contributed by atoms with van der Waals surface area (Å²) in [5.41, 5.74) is 9.82. The van der Waals surface area contributed by atoms with Crippen LogP contribution in [0, 0.1) is 12.7 Å². The van der Waals surface area contributed by atoms with Crippen molar-refractivity contribution < 1.29 is 4.39 Å². The molecule has 2 N–H and O–H groups in total. The highest BCUT2D eigenvalue weighted by molar-refractivity contribution is 5.46. The van der Waals surface area contributed by atoms with Gasteiger partial charge in [0.1, 0.15) is 5.82 Å². The molecule has 0 aliphatic heterocycles. The molecule has 0 amide bonds. The second-order valence-electron chi connectivity index (χ2n) is 5.00. The maximum atomic E-state index is 13.2. The SMILES string of the molecule is Cc1cccc(CN(C)Cc2cc(F)ccc2N)c1. The van der Waals surface area contributed by atoms with Gasteiger partial charge >= 0.3 is 0 Å². The van der Waals surface area contributed by atoms with Gasteiger partial charge in [-0.15, -0.1) is 0 Å². The summed E-state index contributed by atoms with van der Waals surface area (Å²) in [5.74, 6) is -0.242. The molecule has 3 heteroatoms. The number of benzene rings is 2. The summed E-state index contributed by atoms with van der Waals surface area (Å²) in [5, 5.41) is 0. The van der Waals surface area contributed by atoms with Crippen LogP contribution in [-0.4, -0.2) is 11.9 Å². The molecule has 0 spiro atoms. The molecule has 0 aliphatic rings. The lowest BCUT2D eigenvalue weighted by atomic mass is 10.1. The Morgan fingerprint density at radius 1 is 1.11 bits per heavy atom. The maximum Gasteiger partial charge on any atom is 0.123 e. The van der Waals surface area contributed by atoms with Gasteiger partial charge in [0.05, 0.1) is 0 Å². The molecule has 0 bridgehead atoms. The molecule has 0 saturated carbocycles. The molecule has 2 nitrogen and oxygen atoms in total. The van der Waals surface area contributed by atoms with Gasteiger partial charge in [-0.3, -0.25) is 4.90 Å². The fourth-order valence-corrected chi connectivity index (χ4v) is 2.18. The zero-order valence-corrected chi connectivity index (χ0v) is 11.4. The number of rotatable bonds is 4.